The van der Waals surface area contributed by atoms with Gasteiger partial charge in [-0.1, -0.05) is 19.1 Å². The Hall–Kier alpha value is -1.42. The molecular formula is C18H26N2O2. The van der Waals surface area contributed by atoms with E-state index in [9.17, 15) is 9.59 Å². The van der Waals surface area contributed by atoms with Crippen LogP contribution >= 0.6 is 0 Å². The van der Waals surface area contributed by atoms with E-state index in [4.69, 9.17) is 0 Å². The van der Waals surface area contributed by atoms with Crippen LogP contribution < -0.4 is 5.32 Å². The van der Waals surface area contributed by atoms with E-state index in [0.29, 0.717) is 23.5 Å². The Bertz CT molecular complexity index is 543. The lowest BCUT2D eigenvalue weighted by atomic mass is 9.93. The Kier molecular flexibility index (Phi) is 4.22. The average Bonchev–Trinajstić information content (AvgIpc) is 3.23. The molecule has 1 heterocycles. The molecule has 1 amide bonds. The molecular weight excluding hydrogens is 276 g/mol. The molecule has 0 aromatic heterocycles. The average molecular weight is 302 g/mol. The maximum absolute atomic E-state index is 12.4. The molecule has 2 atom stereocenters. The third kappa shape index (κ3) is 3.17. The minimum absolute atomic E-state index is 0.0677. The Labute approximate surface area is 132 Å². The Balaban J connectivity index is 1.62. The van der Waals surface area contributed by atoms with Crippen molar-refractivity contribution in [2.45, 2.75) is 52.1 Å². The van der Waals surface area contributed by atoms with Gasteiger partial charge in [0.2, 0.25) is 5.91 Å². The van der Waals surface area contributed by atoms with Crippen molar-refractivity contribution in [2.24, 2.45) is 11.8 Å². The van der Waals surface area contributed by atoms with Crippen LogP contribution in [0.25, 0.3) is 0 Å². The first-order valence-electron chi connectivity index (χ1n) is 8.44. The van der Waals surface area contributed by atoms with Gasteiger partial charge in [0.05, 0.1) is 0 Å². The highest BCUT2D eigenvalue weighted by atomic mass is 16.2. The lowest BCUT2D eigenvalue weighted by Gasteiger charge is -2.21. The van der Waals surface area contributed by atoms with Crippen molar-refractivity contribution < 1.29 is 9.59 Å². The van der Waals surface area contributed by atoms with Crippen LogP contribution in [0.15, 0.2) is 23.3 Å². The Morgan fingerprint density at radius 3 is 2.55 bits per heavy atom. The zero-order chi connectivity index (χ0) is 15.9. The Morgan fingerprint density at radius 2 is 2.00 bits per heavy atom. The second-order valence-electron chi connectivity index (χ2n) is 7.29. The number of nitrogens with one attached hydrogen (secondary N) is 1. The van der Waals surface area contributed by atoms with Gasteiger partial charge in [0.25, 0.3) is 0 Å². The molecule has 0 aromatic carbocycles. The fraction of sp³-hybridized carbons (Fsp3) is 0.667. The number of hydrogen-bond acceptors (Lipinski definition) is 3. The van der Waals surface area contributed by atoms with Gasteiger partial charge in [-0.3, -0.25) is 14.5 Å². The molecule has 1 aliphatic heterocycles. The molecule has 1 saturated heterocycles. The van der Waals surface area contributed by atoms with Gasteiger partial charge >= 0.3 is 0 Å². The van der Waals surface area contributed by atoms with E-state index in [1.165, 1.54) is 0 Å². The van der Waals surface area contributed by atoms with Gasteiger partial charge in [-0.25, -0.2) is 0 Å². The minimum Gasteiger partial charge on any atom is -0.348 e. The van der Waals surface area contributed by atoms with Crippen LogP contribution in [0.4, 0.5) is 0 Å². The van der Waals surface area contributed by atoms with Gasteiger partial charge in [-0.15, -0.1) is 0 Å². The fourth-order valence-electron chi connectivity index (χ4n) is 3.41. The fourth-order valence-corrected chi connectivity index (χ4v) is 3.41. The van der Waals surface area contributed by atoms with Crippen LogP contribution in [0.5, 0.6) is 0 Å². The van der Waals surface area contributed by atoms with Crippen LogP contribution in [-0.4, -0.2) is 41.8 Å². The van der Waals surface area contributed by atoms with Crippen molar-refractivity contribution in [1.29, 1.82) is 0 Å². The normalized spacial score (nSPS) is 29.5. The minimum atomic E-state index is -0.0677. The van der Waals surface area contributed by atoms with Gasteiger partial charge in [-0.05, 0) is 44.1 Å². The molecule has 2 aliphatic carbocycles. The zero-order valence-electron chi connectivity index (χ0n) is 13.8. The summed E-state index contributed by atoms with van der Waals surface area (Å²) in [5, 5.41) is 3.13. The number of amides is 1. The second-order valence-corrected chi connectivity index (χ2v) is 7.29. The molecule has 4 heteroatoms. The summed E-state index contributed by atoms with van der Waals surface area (Å²) in [5.74, 6) is 0.979. The van der Waals surface area contributed by atoms with Gasteiger partial charge in [0, 0.05) is 37.2 Å². The van der Waals surface area contributed by atoms with Crippen molar-refractivity contribution in [3.63, 3.8) is 0 Å². The highest BCUT2D eigenvalue weighted by Crippen LogP contribution is 2.39. The molecule has 0 aromatic rings. The summed E-state index contributed by atoms with van der Waals surface area (Å²) in [5.41, 5.74) is 1.54. The lowest BCUT2D eigenvalue weighted by Crippen LogP contribution is -2.41. The first-order chi connectivity index (χ1) is 10.5. The predicted octanol–water partition coefficient (Wildman–Crippen LogP) is 2.07. The molecule has 22 heavy (non-hydrogen) atoms. The monoisotopic (exact) mass is 302 g/mol. The quantitative estimate of drug-likeness (QED) is 0.865. The van der Waals surface area contributed by atoms with Gasteiger partial charge in [0.15, 0.2) is 5.78 Å². The molecule has 4 nitrogen and oxygen atoms in total. The lowest BCUT2D eigenvalue weighted by molar-refractivity contribution is -0.121. The second kappa shape index (κ2) is 5.99. The van der Waals surface area contributed by atoms with Crippen LogP contribution in [0, 0.1) is 11.8 Å². The molecule has 2 fully saturated rings. The van der Waals surface area contributed by atoms with Crippen LogP contribution in [0.2, 0.25) is 0 Å². The number of Topliss-reactive ketones (excluding diaryl/α,β-unsaturated/α-hetero) is 1. The van der Waals surface area contributed by atoms with E-state index in [0.717, 1.165) is 31.5 Å². The van der Waals surface area contributed by atoms with Crippen molar-refractivity contribution in [3.05, 3.63) is 23.3 Å². The number of carbonyl (C=O) groups excluding carboxylic acids is 2. The van der Waals surface area contributed by atoms with Gasteiger partial charge in [-0.2, -0.15) is 0 Å². The van der Waals surface area contributed by atoms with E-state index in [-0.39, 0.29) is 24.2 Å². The van der Waals surface area contributed by atoms with E-state index in [1.807, 2.05) is 12.2 Å². The zero-order valence-corrected chi connectivity index (χ0v) is 13.8. The number of ketones is 1. The molecule has 3 aliphatic rings. The molecule has 120 valence electrons. The standard InChI is InChI=1S/C18H26N2O2/c1-11(2)20-9-12(3)16(10-20)19-18(22)14-6-7-15(13-4-5-13)17(21)8-14/h6-7,11-13,16H,4-5,8-10H2,1-3H3,(H,19,22)/t12-,16-/m1/s1. The van der Waals surface area contributed by atoms with E-state index < -0.39 is 0 Å². The summed E-state index contributed by atoms with van der Waals surface area (Å²) in [6.45, 7) is 8.47. The highest BCUT2D eigenvalue weighted by Gasteiger charge is 2.35. The summed E-state index contributed by atoms with van der Waals surface area (Å²) in [4.78, 5) is 27.0. The van der Waals surface area contributed by atoms with Crippen LogP contribution in [-0.2, 0) is 9.59 Å². The molecule has 3 rings (SSSR count). The molecule has 1 N–H and O–H groups in total. The molecule has 0 unspecified atom stereocenters. The summed E-state index contributed by atoms with van der Waals surface area (Å²) in [7, 11) is 0. The molecule has 1 saturated carbocycles. The predicted molar refractivity (Wildman–Crippen MR) is 86.3 cm³/mol. The van der Waals surface area contributed by atoms with E-state index >= 15 is 0 Å². The summed E-state index contributed by atoms with van der Waals surface area (Å²) in [6, 6.07) is 0.684. The third-order valence-electron chi connectivity index (χ3n) is 5.13. The van der Waals surface area contributed by atoms with Crippen molar-refractivity contribution >= 4 is 11.7 Å². The number of rotatable bonds is 4. The first kappa shape index (κ1) is 15.5. The van der Waals surface area contributed by atoms with Crippen LogP contribution in [0.1, 0.15) is 40.0 Å². The first-order valence-corrected chi connectivity index (χ1v) is 8.44. The smallest absolute Gasteiger partial charge is 0.247 e. The van der Waals surface area contributed by atoms with E-state index in [1.54, 1.807) is 0 Å². The number of carbonyl (C=O) groups is 2. The van der Waals surface area contributed by atoms with Crippen molar-refractivity contribution in [2.75, 3.05) is 13.1 Å². The third-order valence-corrected chi connectivity index (χ3v) is 5.13. The van der Waals surface area contributed by atoms with Gasteiger partial charge in [0.1, 0.15) is 0 Å². The number of allylic oxidation sites excluding steroid dienone is 3. The maximum Gasteiger partial charge on any atom is 0.247 e. The number of likely N-dealkylation sites (tertiary alicyclic amines) is 1. The van der Waals surface area contributed by atoms with Crippen LogP contribution in [0.3, 0.4) is 0 Å². The Morgan fingerprint density at radius 1 is 1.27 bits per heavy atom. The molecule has 0 bridgehead atoms. The summed E-state index contributed by atoms with van der Waals surface area (Å²) < 4.78 is 0. The molecule has 0 radical (unpaired) electrons. The largest absolute Gasteiger partial charge is 0.348 e. The number of nitrogens with zero attached hydrogens (tertiary/aromatic N) is 1. The molecule has 0 spiro atoms. The number of hydrogen-bond donors (Lipinski definition) is 1. The summed E-state index contributed by atoms with van der Waals surface area (Å²) >= 11 is 0. The van der Waals surface area contributed by atoms with Crippen molar-refractivity contribution in [1.82, 2.24) is 10.2 Å². The highest BCUT2D eigenvalue weighted by molar-refractivity contribution is 6.07. The maximum atomic E-state index is 12.4. The van der Waals surface area contributed by atoms with E-state index in [2.05, 4.69) is 31.0 Å². The SMILES string of the molecule is CC(C)N1C[C@@H](C)[C@H](NC(=O)C2=CC=C(C3CC3)C(=O)C2)C1. The van der Waals surface area contributed by atoms with Gasteiger partial charge < -0.3 is 5.32 Å². The van der Waals surface area contributed by atoms with Crippen molar-refractivity contribution in [3.8, 4) is 0 Å². The summed E-state index contributed by atoms with van der Waals surface area (Å²) in [6.07, 6.45) is 6.24. The topological polar surface area (TPSA) is 49.4 Å².